The van der Waals surface area contributed by atoms with Crippen LogP contribution in [0.1, 0.15) is 32.8 Å². The molecule has 1 fully saturated rings. The van der Waals surface area contributed by atoms with Crippen molar-refractivity contribution in [2.45, 2.75) is 39.3 Å². The van der Waals surface area contributed by atoms with Crippen molar-refractivity contribution in [2.75, 3.05) is 13.1 Å². The van der Waals surface area contributed by atoms with Crippen LogP contribution in [0.5, 0.6) is 0 Å². The van der Waals surface area contributed by atoms with E-state index in [1.54, 1.807) is 0 Å². The Morgan fingerprint density at radius 3 is 2.63 bits per heavy atom. The molecule has 0 unspecified atom stereocenters. The minimum absolute atomic E-state index is 0.0305. The Kier molecular flexibility index (Phi) is 4.25. The molecule has 0 saturated carbocycles. The fourth-order valence-corrected chi connectivity index (χ4v) is 2.40. The molecule has 2 rings (SSSR count). The molecule has 0 radical (unpaired) electrons. The van der Waals surface area contributed by atoms with E-state index in [-0.39, 0.29) is 17.5 Å². The lowest BCUT2D eigenvalue weighted by molar-refractivity contribution is -0.159. The summed E-state index contributed by atoms with van der Waals surface area (Å²) < 4.78 is 5.45. The Morgan fingerprint density at radius 1 is 1.32 bits per heavy atom. The third-order valence-corrected chi connectivity index (χ3v) is 3.26. The molecule has 1 aliphatic rings. The second kappa shape index (κ2) is 5.74. The van der Waals surface area contributed by atoms with E-state index in [1.165, 1.54) is 5.56 Å². The standard InChI is InChI=1S/C16H23NO2/c1-16(2,3)19-15(18)14-9-10-17(12-14)11-13-7-5-4-6-8-13/h4-8,14H,9-12H2,1-3H3/t14-/m1/s1. The van der Waals surface area contributed by atoms with Crippen LogP contribution in [0.4, 0.5) is 0 Å². The lowest BCUT2D eigenvalue weighted by atomic mass is 10.1. The summed E-state index contributed by atoms with van der Waals surface area (Å²) in [4.78, 5) is 14.3. The molecule has 0 bridgehead atoms. The van der Waals surface area contributed by atoms with Crippen molar-refractivity contribution < 1.29 is 9.53 Å². The van der Waals surface area contributed by atoms with Gasteiger partial charge < -0.3 is 4.74 Å². The molecule has 0 spiro atoms. The molecule has 1 atom stereocenters. The minimum Gasteiger partial charge on any atom is -0.460 e. The number of ether oxygens (including phenoxy) is 1. The number of likely N-dealkylation sites (tertiary alicyclic amines) is 1. The van der Waals surface area contributed by atoms with Crippen LogP contribution >= 0.6 is 0 Å². The minimum atomic E-state index is -0.385. The van der Waals surface area contributed by atoms with Gasteiger partial charge in [0.05, 0.1) is 5.92 Å². The summed E-state index contributed by atoms with van der Waals surface area (Å²) in [6.45, 7) is 8.45. The average Bonchev–Trinajstić information content (AvgIpc) is 2.77. The second-order valence-corrected chi connectivity index (χ2v) is 6.24. The Hall–Kier alpha value is -1.35. The predicted molar refractivity (Wildman–Crippen MR) is 75.7 cm³/mol. The van der Waals surface area contributed by atoms with E-state index < -0.39 is 0 Å². The number of hydrogen-bond donors (Lipinski definition) is 0. The maximum atomic E-state index is 12.0. The Balaban J connectivity index is 1.85. The molecule has 3 nitrogen and oxygen atoms in total. The number of carbonyl (C=O) groups is 1. The van der Waals surface area contributed by atoms with Crippen molar-refractivity contribution >= 4 is 5.97 Å². The summed E-state index contributed by atoms with van der Waals surface area (Å²) in [6.07, 6.45) is 0.905. The van der Waals surface area contributed by atoms with Gasteiger partial charge in [0.1, 0.15) is 5.60 Å². The van der Waals surface area contributed by atoms with Crippen molar-refractivity contribution in [3.8, 4) is 0 Å². The first-order valence-electron chi connectivity index (χ1n) is 6.93. The monoisotopic (exact) mass is 261 g/mol. The third-order valence-electron chi connectivity index (χ3n) is 3.26. The zero-order valence-electron chi connectivity index (χ0n) is 12.1. The molecular formula is C16H23NO2. The fourth-order valence-electron chi connectivity index (χ4n) is 2.40. The van der Waals surface area contributed by atoms with Crippen molar-refractivity contribution in [3.63, 3.8) is 0 Å². The Labute approximate surface area is 115 Å². The molecule has 1 aromatic carbocycles. The maximum Gasteiger partial charge on any atom is 0.310 e. The second-order valence-electron chi connectivity index (χ2n) is 6.24. The van der Waals surface area contributed by atoms with Gasteiger partial charge in [-0.05, 0) is 39.3 Å². The molecule has 1 heterocycles. The van der Waals surface area contributed by atoms with Gasteiger partial charge in [0.25, 0.3) is 0 Å². The molecule has 3 heteroatoms. The largest absolute Gasteiger partial charge is 0.460 e. The van der Waals surface area contributed by atoms with E-state index >= 15 is 0 Å². The molecule has 0 amide bonds. The first-order chi connectivity index (χ1) is 8.94. The number of esters is 1. The number of benzene rings is 1. The number of carbonyl (C=O) groups excluding carboxylic acids is 1. The van der Waals surface area contributed by atoms with Crippen molar-refractivity contribution in [3.05, 3.63) is 35.9 Å². The Morgan fingerprint density at radius 2 is 2.00 bits per heavy atom. The number of nitrogens with zero attached hydrogens (tertiary/aromatic N) is 1. The van der Waals surface area contributed by atoms with E-state index in [1.807, 2.05) is 26.8 Å². The van der Waals surface area contributed by atoms with Crippen molar-refractivity contribution in [1.29, 1.82) is 0 Å². The zero-order chi connectivity index (χ0) is 13.9. The van der Waals surface area contributed by atoms with Crippen LogP contribution in [0.15, 0.2) is 30.3 Å². The van der Waals surface area contributed by atoms with Gasteiger partial charge in [-0.2, -0.15) is 0 Å². The van der Waals surface area contributed by atoms with Gasteiger partial charge in [-0.25, -0.2) is 0 Å². The summed E-state index contributed by atoms with van der Waals surface area (Å²) in [7, 11) is 0. The van der Waals surface area contributed by atoms with E-state index in [0.717, 1.165) is 26.1 Å². The van der Waals surface area contributed by atoms with Crippen LogP contribution < -0.4 is 0 Å². The van der Waals surface area contributed by atoms with E-state index in [4.69, 9.17) is 4.74 Å². The summed E-state index contributed by atoms with van der Waals surface area (Å²) in [6, 6.07) is 10.4. The SMILES string of the molecule is CC(C)(C)OC(=O)[C@@H]1CCN(Cc2ccccc2)C1. The maximum absolute atomic E-state index is 12.0. The molecule has 1 saturated heterocycles. The van der Waals surface area contributed by atoms with Gasteiger partial charge in [-0.3, -0.25) is 9.69 Å². The Bertz CT molecular complexity index is 422. The molecule has 0 aliphatic carbocycles. The first-order valence-corrected chi connectivity index (χ1v) is 6.93. The van der Waals surface area contributed by atoms with E-state index in [0.29, 0.717) is 0 Å². The van der Waals surface area contributed by atoms with Crippen LogP contribution in [-0.4, -0.2) is 29.6 Å². The predicted octanol–water partition coefficient (Wildman–Crippen LogP) is 2.85. The highest BCUT2D eigenvalue weighted by Crippen LogP contribution is 2.22. The fraction of sp³-hybridized carbons (Fsp3) is 0.562. The highest BCUT2D eigenvalue weighted by molar-refractivity contribution is 5.73. The molecule has 104 valence electrons. The molecule has 1 aliphatic heterocycles. The highest BCUT2D eigenvalue weighted by atomic mass is 16.6. The van der Waals surface area contributed by atoms with Gasteiger partial charge in [-0.1, -0.05) is 30.3 Å². The normalized spacial score (nSPS) is 20.5. The first kappa shape index (κ1) is 14.1. The zero-order valence-corrected chi connectivity index (χ0v) is 12.1. The molecule has 0 aromatic heterocycles. The van der Waals surface area contributed by atoms with Gasteiger partial charge in [-0.15, -0.1) is 0 Å². The summed E-state index contributed by atoms with van der Waals surface area (Å²) in [5.41, 5.74) is 0.913. The summed E-state index contributed by atoms with van der Waals surface area (Å²) in [5, 5.41) is 0. The molecular weight excluding hydrogens is 238 g/mol. The summed E-state index contributed by atoms with van der Waals surface area (Å²) >= 11 is 0. The van der Waals surface area contributed by atoms with Gasteiger partial charge in [0.2, 0.25) is 0 Å². The van der Waals surface area contributed by atoms with Gasteiger partial charge in [0.15, 0.2) is 0 Å². The van der Waals surface area contributed by atoms with Gasteiger partial charge in [0, 0.05) is 13.1 Å². The van der Waals surface area contributed by atoms with Crippen LogP contribution in [0.3, 0.4) is 0 Å². The lowest BCUT2D eigenvalue weighted by Crippen LogP contribution is -2.30. The van der Waals surface area contributed by atoms with Crippen LogP contribution in [0.25, 0.3) is 0 Å². The van der Waals surface area contributed by atoms with Crippen LogP contribution in [-0.2, 0) is 16.1 Å². The van der Waals surface area contributed by atoms with Crippen molar-refractivity contribution in [1.82, 2.24) is 4.90 Å². The number of hydrogen-bond acceptors (Lipinski definition) is 3. The third kappa shape index (κ3) is 4.35. The highest BCUT2D eigenvalue weighted by Gasteiger charge is 2.31. The molecule has 1 aromatic rings. The quantitative estimate of drug-likeness (QED) is 0.784. The van der Waals surface area contributed by atoms with Crippen molar-refractivity contribution in [2.24, 2.45) is 5.92 Å². The van der Waals surface area contributed by atoms with Crippen LogP contribution in [0.2, 0.25) is 0 Å². The average molecular weight is 261 g/mol. The van der Waals surface area contributed by atoms with Gasteiger partial charge >= 0.3 is 5.97 Å². The molecule has 19 heavy (non-hydrogen) atoms. The topological polar surface area (TPSA) is 29.5 Å². The van der Waals surface area contributed by atoms with Crippen LogP contribution in [0, 0.1) is 5.92 Å². The number of rotatable bonds is 3. The molecule has 0 N–H and O–H groups in total. The summed E-state index contributed by atoms with van der Waals surface area (Å²) in [5.74, 6) is -0.0222. The smallest absolute Gasteiger partial charge is 0.310 e. The lowest BCUT2D eigenvalue weighted by Gasteiger charge is -2.22. The van der Waals surface area contributed by atoms with E-state index in [9.17, 15) is 4.79 Å². The van der Waals surface area contributed by atoms with E-state index in [2.05, 4.69) is 29.2 Å².